The summed E-state index contributed by atoms with van der Waals surface area (Å²) in [4.78, 5) is 17.9. The summed E-state index contributed by atoms with van der Waals surface area (Å²) in [6.45, 7) is 9.31. The molecule has 0 fully saturated rings. The highest BCUT2D eigenvalue weighted by molar-refractivity contribution is 7.65. The first-order valence-electron chi connectivity index (χ1n) is 11.6. The van der Waals surface area contributed by atoms with Crippen LogP contribution in [-0.2, 0) is 20.5 Å². The Hall–Kier alpha value is -3.01. The van der Waals surface area contributed by atoms with Crippen molar-refractivity contribution in [3.63, 3.8) is 0 Å². The van der Waals surface area contributed by atoms with E-state index in [0.29, 0.717) is 34.0 Å². The molecule has 1 aromatic carbocycles. The average Bonchev–Trinajstić information content (AvgIpc) is 3.52. The van der Waals surface area contributed by atoms with Crippen molar-refractivity contribution in [2.45, 2.75) is 53.2 Å². The van der Waals surface area contributed by atoms with Crippen LogP contribution >= 0.6 is 18.9 Å². The molecule has 3 aromatic rings. The Bertz CT molecular complexity index is 1290. The number of nitrogens with two attached hydrogens (primary N) is 1. The number of hydrogen-bond acceptors (Lipinski definition) is 10. The number of aromatic nitrogens is 1. The van der Waals surface area contributed by atoms with Gasteiger partial charge in [0, 0.05) is 10.9 Å². The summed E-state index contributed by atoms with van der Waals surface area (Å²) >= 11 is 1.39. The van der Waals surface area contributed by atoms with Gasteiger partial charge in [0.25, 0.3) is 0 Å². The minimum atomic E-state index is -3.98. The fraction of sp³-hybridized carbons (Fsp3) is 0.417. The lowest BCUT2D eigenvalue weighted by Gasteiger charge is -2.22. The quantitative estimate of drug-likeness (QED) is 0.277. The van der Waals surface area contributed by atoms with E-state index in [1.54, 1.807) is 51.1 Å². The maximum absolute atomic E-state index is 14.2. The van der Waals surface area contributed by atoms with E-state index in [-0.39, 0.29) is 24.1 Å². The number of rotatable bonds is 10. The van der Waals surface area contributed by atoms with Gasteiger partial charge in [-0.15, -0.1) is 11.3 Å². The molecule has 0 saturated heterocycles. The summed E-state index contributed by atoms with van der Waals surface area (Å²) in [6, 6.07) is 7.09. The molecule has 2 atom stereocenters. The van der Waals surface area contributed by atoms with E-state index in [1.807, 2.05) is 0 Å². The second-order valence-electron chi connectivity index (χ2n) is 9.05. The number of carbonyl (C=O) groups excluding carboxylic acids is 1. The second kappa shape index (κ2) is 10.5. The number of esters is 1. The number of thiazole rings is 1. The Labute approximate surface area is 213 Å². The van der Waals surface area contributed by atoms with E-state index in [9.17, 15) is 9.36 Å². The highest BCUT2D eigenvalue weighted by atomic mass is 32.1. The highest BCUT2D eigenvalue weighted by Crippen LogP contribution is 2.46. The maximum atomic E-state index is 14.2. The highest BCUT2D eigenvalue weighted by Gasteiger charge is 2.37. The van der Waals surface area contributed by atoms with E-state index >= 15 is 0 Å². The van der Waals surface area contributed by atoms with Crippen LogP contribution < -0.4 is 30.3 Å². The van der Waals surface area contributed by atoms with Gasteiger partial charge in [-0.1, -0.05) is 13.8 Å². The van der Waals surface area contributed by atoms with Crippen molar-refractivity contribution < 1.29 is 32.5 Å². The molecule has 10 nitrogen and oxygen atoms in total. The molecule has 0 radical (unpaired) electrons. The van der Waals surface area contributed by atoms with Crippen LogP contribution in [0.4, 0.5) is 5.13 Å². The molecule has 0 amide bonds. The van der Waals surface area contributed by atoms with E-state index < -0.39 is 19.5 Å². The first kappa shape index (κ1) is 26.1. The molecule has 1 aliphatic heterocycles. The first-order valence-corrected chi connectivity index (χ1v) is 14.0. The summed E-state index contributed by atoms with van der Waals surface area (Å²) < 4.78 is 42.2. The monoisotopic (exact) mass is 535 g/mol. The molecule has 0 spiro atoms. The number of ether oxygens (including phenoxy) is 3. The number of carbonyl (C=O) groups is 1. The molecular weight excluding hydrogens is 505 g/mol. The van der Waals surface area contributed by atoms with Crippen LogP contribution in [-0.4, -0.2) is 29.9 Å². The van der Waals surface area contributed by atoms with Crippen LogP contribution in [0.5, 0.6) is 17.2 Å². The zero-order valence-corrected chi connectivity index (χ0v) is 22.5. The minimum absolute atomic E-state index is 0.0152. The molecular formula is C24H30N3O7PS. The zero-order valence-electron chi connectivity index (χ0n) is 20.8. The van der Waals surface area contributed by atoms with Crippen molar-refractivity contribution >= 4 is 35.5 Å². The Kier molecular flexibility index (Phi) is 7.63. The van der Waals surface area contributed by atoms with Crippen LogP contribution in [0.3, 0.4) is 0 Å². The van der Waals surface area contributed by atoms with Gasteiger partial charge in [-0.2, -0.15) is 0 Å². The standard InChI is InChI=1S/C24H30N3O7PS/c1-13(2)10-20-22(26-24(25)36-20)18-8-9-21(33-18)35(29,27-15(5)23(28)32-14(3)4)34-16-6-7-17-19(11-16)31-12-30-17/h6-9,11,13-15H,10,12H2,1-5H3,(H2,25,26)(H,27,29)/t15-,35?/m1/s1. The third-order valence-corrected chi connectivity index (χ3v) is 7.99. The van der Waals surface area contributed by atoms with Gasteiger partial charge in [0.1, 0.15) is 17.5 Å². The molecule has 3 heterocycles. The Morgan fingerprint density at radius 1 is 1.17 bits per heavy atom. The van der Waals surface area contributed by atoms with Crippen LogP contribution in [0.2, 0.25) is 0 Å². The van der Waals surface area contributed by atoms with Crippen LogP contribution in [0.1, 0.15) is 39.5 Å². The Morgan fingerprint density at radius 2 is 1.92 bits per heavy atom. The number of hydrogen-bond donors (Lipinski definition) is 2. The van der Waals surface area contributed by atoms with E-state index in [2.05, 4.69) is 23.9 Å². The molecule has 0 aliphatic carbocycles. The van der Waals surface area contributed by atoms with Gasteiger partial charge in [0.2, 0.25) is 12.3 Å². The fourth-order valence-electron chi connectivity index (χ4n) is 3.54. The van der Waals surface area contributed by atoms with Crippen molar-refractivity contribution in [3.05, 3.63) is 35.2 Å². The van der Waals surface area contributed by atoms with Gasteiger partial charge in [-0.05, 0) is 57.4 Å². The van der Waals surface area contributed by atoms with E-state index in [1.165, 1.54) is 11.3 Å². The van der Waals surface area contributed by atoms with E-state index in [4.69, 9.17) is 28.9 Å². The maximum Gasteiger partial charge on any atom is 0.382 e. The second-order valence-corrected chi connectivity index (χ2v) is 12.2. The van der Waals surface area contributed by atoms with Crippen molar-refractivity contribution in [2.75, 3.05) is 12.5 Å². The Balaban J connectivity index is 1.68. The molecule has 36 heavy (non-hydrogen) atoms. The molecule has 1 aliphatic rings. The summed E-state index contributed by atoms with van der Waals surface area (Å²) in [5.74, 6) is 1.48. The third kappa shape index (κ3) is 5.86. The zero-order chi connectivity index (χ0) is 26.0. The van der Waals surface area contributed by atoms with Crippen molar-refractivity contribution in [1.82, 2.24) is 10.1 Å². The molecule has 2 aromatic heterocycles. The molecule has 1 unspecified atom stereocenters. The van der Waals surface area contributed by atoms with Crippen molar-refractivity contribution in [1.29, 1.82) is 0 Å². The fourth-order valence-corrected chi connectivity index (χ4v) is 6.38. The average molecular weight is 536 g/mol. The van der Waals surface area contributed by atoms with Crippen LogP contribution in [0.25, 0.3) is 11.5 Å². The van der Waals surface area contributed by atoms with Crippen molar-refractivity contribution in [3.8, 4) is 28.7 Å². The number of nitrogens with zero attached hydrogens (tertiary/aromatic N) is 1. The van der Waals surface area contributed by atoms with Gasteiger partial charge >= 0.3 is 13.5 Å². The largest absolute Gasteiger partial charge is 0.462 e. The molecule has 12 heteroatoms. The number of nitrogens with one attached hydrogen (secondary N) is 1. The lowest BCUT2D eigenvalue weighted by atomic mass is 10.1. The number of furan rings is 1. The lowest BCUT2D eigenvalue weighted by molar-refractivity contribution is -0.149. The summed E-state index contributed by atoms with van der Waals surface area (Å²) in [6.07, 6.45) is 0.433. The summed E-state index contributed by atoms with van der Waals surface area (Å²) in [5, 5.41) is 3.22. The third-order valence-electron chi connectivity index (χ3n) is 5.07. The predicted octanol–water partition coefficient (Wildman–Crippen LogP) is 4.74. The van der Waals surface area contributed by atoms with E-state index in [0.717, 1.165) is 11.3 Å². The van der Waals surface area contributed by atoms with Gasteiger partial charge in [0.05, 0.1) is 6.10 Å². The van der Waals surface area contributed by atoms with Gasteiger partial charge < -0.3 is 28.9 Å². The number of fused-ring (bicyclic) bond motifs is 1. The van der Waals surface area contributed by atoms with Gasteiger partial charge in [-0.3, -0.25) is 9.36 Å². The SMILES string of the molecule is CC(C)Cc1sc(N)nc1-c1ccc(P(=O)(N[C@H](C)C(=O)OC(C)C)Oc2ccc3c(c2)OCO3)o1. The minimum Gasteiger partial charge on any atom is -0.462 e. The number of anilines is 1. The molecule has 4 rings (SSSR count). The Morgan fingerprint density at radius 3 is 2.64 bits per heavy atom. The molecule has 194 valence electrons. The summed E-state index contributed by atoms with van der Waals surface area (Å²) in [5.41, 5.74) is 6.58. The van der Waals surface area contributed by atoms with Gasteiger partial charge in [-0.25, -0.2) is 10.1 Å². The number of benzene rings is 1. The smallest absolute Gasteiger partial charge is 0.382 e. The normalized spacial score (nSPS) is 15.2. The first-order chi connectivity index (χ1) is 17.0. The molecule has 0 bridgehead atoms. The molecule has 3 N–H and O–H groups in total. The van der Waals surface area contributed by atoms with Crippen LogP contribution in [0, 0.1) is 5.92 Å². The van der Waals surface area contributed by atoms with Crippen LogP contribution in [0.15, 0.2) is 34.7 Å². The summed E-state index contributed by atoms with van der Waals surface area (Å²) in [7, 11) is -3.98. The molecule has 0 saturated carbocycles. The van der Waals surface area contributed by atoms with Crippen molar-refractivity contribution in [2.24, 2.45) is 5.92 Å². The number of nitrogen functional groups attached to an aromatic ring is 1. The lowest BCUT2D eigenvalue weighted by Crippen LogP contribution is -2.38. The predicted molar refractivity (Wildman–Crippen MR) is 137 cm³/mol. The van der Waals surface area contributed by atoms with Gasteiger partial charge in [0.15, 0.2) is 22.4 Å². The topological polar surface area (TPSA) is 135 Å².